The van der Waals surface area contributed by atoms with E-state index in [-0.39, 0.29) is 47.2 Å². The van der Waals surface area contributed by atoms with Crippen molar-refractivity contribution in [3.8, 4) is 0 Å². The number of fused-ring (bicyclic) bond motifs is 4. The summed E-state index contributed by atoms with van der Waals surface area (Å²) in [5.41, 5.74) is 0.872. The molecule has 10 atom stereocenters. The second-order valence-corrected chi connectivity index (χ2v) is 43.2. The van der Waals surface area contributed by atoms with Crippen molar-refractivity contribution < 1.29 is 65.9 Å². The van der Waals surface area contributed by atoms with Gasteiger partial charge in [0.15, 0.2) is 30.7 Å². The number of hydrogen-bond acceptors (Lipinski definition) is 14. The molecule has 0 saturated carbocycles. The van der Waals surface area contributed by atoms with Crippen molar-refractivity contribution in [2.75, 3.05) is 21.3 Å². The first-order valence-electron chi connectivity index (χ1n) is 29.3. The van der Waals surface area contributed by atoms with Gasteiger partial charge in [0.1, 0.15) is 6.10 Å². The monoisotopic (exact) mass is 1170 g/mol. The molecule has 2 saturated heterocycles. The summed E-state index contributed by atoms with van der Waals surface area (Å²) in [7, 11) is -3.22. The zero-order valence-electron chi connectivity index (χ0n) is 53.7. The Labute approximate surface area is 486 Å². The van der Waals surface area contributed by atoms with Gasteiger partial charge in [-0.3, -0.25) is 4.79 Å². The van der Waals surface area contributed by atoms with E-state index in [0.717, 1.165) is 11.1 Å². The third-order valence-corrected chi connectivity index (χ3v) is 32.3. The fourth-order valence-electron chi connectivity index (χ4n) is 10.2. The van der Waals surface area contributed by atoms with Crippen LogP contribution in [-0.2, 0) is 67.4 Å². The van der Waals surface area contributed by atoms with Crippen LogP contribution in [0.4, 0.5) is 0 Å². The van der Waals surface area contributed by atoms with Gasteiger partial charge in [-0.1, -0.05) is 144 Å². The first-order valence-corrected chi connectivity index (χ1v) is 38.0. The highest BCUT2D eigenvalue weighted by atomic mass is 28.4. The molecule has 1 unspecified atom stereocenters. The Kier molecular flexibility index (Phi) is 23.9. The Bertz CT molecular complexity index is 2290. The zero-order chi connectivity index (χ0) is 60.7. The van der Waals surface area contributed by atoms with E-state index in [9.17, 15) is 14.7 Å². The van der Waals surface area contributed by atoms with Gasteiger partial charge in [-0.05, 0) is 99.0 Å². The minimum Gasteiger partial charge on any atom is -0.466 e. The summed E-state index contributed by atoms with van der Waals surface area (Å²) in [5.74, 6) is -2.76. The molecule has 4 rings (SSSR count). The molecule has 80 heavy (non-hydrogen) atoms. The number of methoxy groups -OCH3 is 3. The molecule has 3 aliphatic rings. The van der Waals surface area contributed by atoms with Crippen LogP contribution in [0.5, 0.6) is 0 Å². The molecular formula is C63H108O14Si3. The Morgan fingerprint density at radius 2 is 1.24 bits per heavy atom. The average Bonchev–Trinajstić information content (AvgIpc) is 3.31. The predicted molar refractivity (Wildman–Crippen MR) is 325 cm³/mol. The third-order valence-electron chi connectivity index (χ3n) is 18.7. The number of rotatable bonds is 13. The number of benzene rings is 1. The summed E-state index contributed by atoms with van der Waals surface area (Å²) in [6, 6.07) is 10.1. The van der Waals surface area contributed by atoms with Crippen LogP contribution in [-0.4, -0.2) is 130 Å². The SMILES string of the molecule is COC(=O)/C=C1/CC(O)C(C)(C)/C=C/[C@H]2C/C(=C\C(=O)OC)C[C@@H](C[C@]3(OC)O[C@H](C[C@@H](O[Si](C)(C)C(C)(C)C)CC(=O)O[C@@H]([C@@H](C)O[Si](C)(C)C(C)(C)C)C[C@@H](O[Si](C)(C)C(C)(C)C)C1)C[C@H](OCc1ccccc1)C3(C)C)O2. The van der Waals surface area contributed by atoms with Crippen molar-refractivity contribution in [2.45, 2.75) is 276 Å². The van der Waals surface area contributed by atoms with Crippen molar-refractivity contribution >= 4 is 42.9 Å². The molecule has 17 heteroatoms. The second-order valence-electron chi connectivity index (χ2n) is 28.9. The van der Waals surface area contributed by atoms with Gasteiger partial charge in [0, 0.05) is 49.4 Å². The summed E-state index contributed by atoms with van der Waals surface area (Å²) in [6.07, 6.45) is 3.88. The summed E-state index contributed by atoms with van der Waals surface area (Å²) in [5, 5.41) is 11.8. The molecule has 1 aromatic rings. The van der Waals surface area contributed by atoms with Crippen LogP contribution in [0.1, 0.15) is 160 Å². The second kappa shape index (κ2) is 27.5. The molecule has 1 aromatic carbocycles. The molecule has 14 nitrogen and oxygen atoms in total. The number of ether oxygens (including phenoxy) is 7. The molecule has 4 bridgehead atoms. The van der Waals surface area contributed by atoms with E-state index >= 15 is 4.79 Å². The molecule has 0 aromatic heterocycles. The maximum atomic E-state index is 15.2. The number of cyclic esters (lactones) is 1. The minimum absolute atomic E-state index is 0.0709. The lowest BCUT2D eigenvalue weighted by Gasteiger charge is -2.56. The topological polar surface area (TPSA) is 164 Å². The van der Waals surface area contributed by atoms with Crippen LogP contribution < -0.4 is 0 Å². The van der Waals surface area contributed by atoms with Crippen molar-refractivity contribution in [1.29, 1.82) is 0 Å². The first kappa shape index (κ1) is 69.7. The van der Waals surface area contributed by atoms with E-state index < -0.39 is 114 Å². The van der Waals surface area contributed by atoms with Gasteiger partial charge < -0.3 is 51.5 Å². The molecule has 456 valence electrons. The van der Waals surface area contributed by atoms with Crippen LogP contribution in [0.15, 0.2) is 65.8 Å². The lowest BCUT2D eigenvalue weighted by Crippen LogP contribution is -2.63. The minimum atomic E-state index is -2.57. The maximum absolute atomic E-state index is 15.2. The van der Waals surface area contributed by atoms with E-state index in [1.807, 2.05) is 51.1 Å². The molecule has 2 fully saturated rings. The van der Waals surface area contributed by atoms with Gasteiger partial charge in [0.25, 0.3) is 0 Å². The fourth-order valence-corrected chi connectivity index (χ4v) is 14.4. The van der Waals surface area contributed by atoms with Crippen LogP contribution >= 0.6 is 0 Å². The fraction of sp³-hybridized carbons (Fsp3) is 0.762. The predicted octanol–water partition coefficient (Wildman–Crippen LogP) is 13.9. The van der Waals surface area contributed by atoms with Crippen LogP contribution in [0.2, 0.25) is 54.4 Å². The lowest BCUT2D eigenvalue weighted by atomic mass is 9.70. The van der Waals surface area contributed by atoms with Gasteiger partial charge in [0.2, 0.25) is 0 Å². The molecule has 3 aliphatic heterocycles. The van der Waals surface area contributed by atoms with Crippen molar-refractivity contribution in [1.82, 2.24) is 0 Å². The molecule has 1 N–H and O–H groups in total. The molecule has 3 heterocycles. The van der Waals surface area contributed by atoms with Crippen LogP contribution in [0.3, 0.4) is 0 Å². The van der Waals surface area contributed by atoms with Crippen molar-refractivity contribution in [3.63, 3.8) is 0 Å². The summed E-state index contributed by atoms with van der Waals surface area (Å²) in [4.78, 5) is 41.5. The third kappa shape index (κ3) is 18.8. The van der Waals surface area contributed by atoms with Gasteiger partial charge in [-0.2, -0.15) is 0 Å². The summed E-state index contributed by atoms with van der Waals surface area (Å²) < 4.78 is 67.1. The Hall–Kier alpha value is -2.82. The highest BCUT2D eigenvalue weighted by Crippen LogP contribution is 2.52. The Morgan fingerprint density at radius 1 is 0.713 bits per heavy atom. The number of aliphatic hydroxyl groups is 1. The standard InChI is InChI=1S/C63H108O14Si3/c1-43(75-78(18,19)58(2,3)4)52-38-49(76-79(20,21)59(5,6)7)32-46(36-56(66)69-16)34-53(64)61(11,12)30-29-47-31-45(35-55(65)68-15)33-51(72-47)41-63(70-17)62(13,14)54(71-42-44-27-25-24-26-28-44)39-48(74-63)37-50(40-57(67)73-52)77-80(22,23)60(8,9)10/h24-30,35-36,43,47-54,64H,31-34,37-42H2,1-23H3/b30-29+,45-35+,46-36+/t43-,47+,48-,49+,50-,51+,52-,53?,54+,63+/m1/s1. The molecule has 0 radical (unpaired) electrons. The van der Waals surface area contributed by atoms with Crippen molar-refractivity contribution in [3.05, 3.63) is 71.3 Å². The average molecular weight is 1170 g/mol. The zero-order valence-corrected chi connectivity index (χ0v) is 56.7. The Morgan fingerprint density at radius 3 is 1.75 bits per heavy atom. The van der Waals surface area contributed by atoms with E-state index in [2.05, 4.69) is 128 Å². The highest BCUT2D eigenvalue weighted by Gasteiger charge is 2.59. The molecule has 0 amide bonds. The normalized spacial score (nSPS) is 30.1. The number of carbonyl (C=O) groups is 3. The van der Waals surface area contributed by atoms with E-state index in [0.29, 0.717) is 37.9 Å². The Balaban J connectivity index is 2.02. The number of hydrogen-bond donors (Lipinski definition) is 1. The van der Waals surface area contributed by atoms with Crippen LogP contribution in [0.25, 0.3) is 0 Å². The van der Waals surface area contributed by atoms with Crippen LogP contribution in [0, 0.1) is 10.8 Å². The van der Waals surface area contributed by atoms with Crippen molar-refractivity contribution in [2.24, 2.45) is 10.8 Å². The van der Waals surface area contributed by atoms with E-state index in [1.54, 1.807) is 13.2 Å². The first-order chi connectivity index (χ1) is 36.6. The van der Waals surface area contributed by atoms with Gasteiger partial charge >= 0.3 is 17.9 Å². The van der Waals surface area contributed by atoms with Gasteiger partial charge in [0.05, 0.1) is 76.1 Å². The number of aliphatic hydroxyl groups excluding tert-OH is 1. The molecule has 0 spiro atoms. The van der Waals surface area contributed by atoms with Gasteiger partial charge in [-0.25, -0.2) is 9.59 Å². The molecular weight excluding hydrogens is 1060 g/mol. The van der Waals surface area contributed by atoms with Gasteiger partial charge in [-0.15, -0.1) is 0 Å². The number of carbonyl (C=O) groups excluding carboxylic acids is 3. The lowest BCUT2D eigenvalue weighted by molar-refractivity contribution is -0.362. The van der Waals surface area contributed by atoms with E-state index in [4.69, 9.17) is 46.4 Å². The summed E-state index contributed by atoms with van der Waals surface area (Å²) >= 11 is 0. The highest BCUT2D eigenvalue weighted by molar-refractivity contribution is 6.75. The smallest absolute Gasteiger partial charge is 0.330 e. The quantitative estimate of drug-likeness (QED) is 0.0652. The molecule has 0 aliphatic carbocycles. The number of esters is 3. The summed E-state index contributed by atoms with van der Waals surface area (Å²) in [6.45, 7) is 43.3. The van der Waals surface area contributed by atoms with E-state index in [1.165, 1.54) is 20.3 Å². The maximum Gasteiger partial charge on any atom is 0.330 e. The largest absolute Gasteiger partial charge is 0.466 e.